The van der Waals surface area contributed by atoms with Gasteiger partial charge in [-0.15, -0.1) is 5.11 Å². The van der Waals surface area contributed by atoms with E-state index >= 15 is 0 Å². The largest absolute Gasteiger partial charge is 0.294 e. The van der Waals surface area contributed by atoms with Crippen molar-refractivity contribution in [1.29, 1.82) is 0 Å². The van der Waals surface area contributed by atoms with Gasteiger partial charge in [-0.1, -0.05) is 0 Å². The lowest BCUT2D eigenvalue weighted by atomic mass is 10.1. The quantitative estimate of drug-likeness (QED) is 0.543. The Bertz CT molecular complexity index is 239. The monoisotopic (exact) mass is 152 g/mol. The molecule has 0 radical (unpaired) electrons. The fourth-order valence-corrected chi connectivity index (χ4v) is 1.21. The highest BCUT2D eigenvalue weighted by atomic mass is 16.2. The Kier molecular flexibility index (Phi) is 1.52. The summed E-state index contributed by atoms with van der Waals surface area (Å²) in [5.41, 5.74) is 6.58. The lowest BCUT2D eigenvalue weighted by Crippen LogP contribution is -2.32. The number of azo groups is 1. The van der Waals surface area contributed by atoms with Crippen LogP contribution in [0.15, 0.2) is 22.0 Å². The number of amides is 1. The second-order valence-electron chi connectivity index (χ2n) is 2.52. The van der Waals surface area contributed by atoms with E-state index in [2.05, 4.69) is 21.1 Å². The molecule has 0 aliphatic carbocycles. The average Bonchev–Trinajstić information content (AvgIpc) is 2.55. The van der Waals surface area contributed by atoms with Gasteiger partial charge in [-0.25, -0.2) is 0 Å². The number of hydrazine groups is 1. The highest BCUT2D eigenvalue weighted by Crippen LogP contribution is 2.15. The molecule has 2 aliphatic rings. The van der Waals surface area contributed by atoms with E-state index in [0.29, 0.717) is 5.57 Å². The van der Waals surface area contributed by atoms with Gasteiger partial charge in [-0.05, 0) is 6.42 Å². The number of carbonyl (C=O) groups is 1. The highest BCUT2D eigenvalue weighted by molar-refractivity contribution is 5.96. The minimum atomic E-state index is -0.216. The summed E-state index contributed by atoms with van der Waals surface area (Å²) in [5.74, 6) is -0.216. The van der Waals surface area contributed by atoms with Gasteiger partial charge in [-0.2, -0.15) is 5.11 Å². The van der Waals surface area contributed by atoms with Crippen molar-refractivity contribution in [2.45, 2.75) is 12.5 Å². The van der Waals surface area contributed by atoms with Gasteiger partial charge in [0.2, 0.25) is 0 Å². The van der Waals surface area contributed by atoms with E-state index in [9.17, 15) is 4.79 Å². The lowest BCUT2D eigenvalue weighted by molar-refractivity contribution is -0.114. The first-order chi connectivity index (χ1) is 5.38. The normalized spacial score (nSPS) is 29.6. The van der Waals surface area contributed by atoms with Crippen molar-refractivity contribution in [3.63, 3.8) is 0 Å². The Hall–Kier alpha value is -1.07. The van der Waals surface area contributed by atoms with E-state index in [4.69, 9.17) is 0 Å². The van der Waals surface area contributed by atoms with E-state index in [1.165, 1.54) is 6.20 Å². The van der Waals surface area contributed by atoms with Gasteiger partial charge >= 0.3 is 0 Å². The number of hydrogen-bond acceptors (Lipinski definition) is 4. The van der Waals surface area contributed by atoms with Crippen molar-refractivity contribution in [2.75, 3.05) is 6.54 Å². The maximum atomic E-state index is 11.0. The van der Waals surface area contributed by atoms with Crippen LogP contribution in [0.1, 0.15) is 6.42 Å². The van der Waals surface area contributed by atoms with E-state index < -0.39 is 0 Å². The van der Waals surface area contributed by atoms with Gasteiger partial charge in [0.1, 0.15) is 0 Å². The maximum absolute atomic E-state index is 11.0. The Morgan fingerprint density at radius 1 is 1.64 bits per heavy atom. The lowest BCUT2D eigenvalue weighted by Gasteiger charge is -2.05. The summed E-state index contributed by atoms with van der Waals surface area (Å²) in [6.07, 6.45) is 2.44. The van der Waals surface area contributed by atoms with Gasteiger partial charge in [0.25, 0.3) is 5.91 Å². The van der Waals surface area contributed by atoms with E-state index in [-0.39, 0.29) is 11.9 Å². The summed E-state index contributed by atoms with van der Waals surface area (Å²) in [4.78, 5) is 11.0. The maximum Gasteiger partial charge on any atom is 0.294 e. The minimum Gasteiger partial charge on any atom is -0.265 e. The molecule has 5 nitrogen and oxygen atoms in total. The SMILES string of the molecule is O=C1N=NC=C1C1CCNN1. The predicted molar refractivity (Wildman–Crippen MR) is 37.5 cm³/mol. The van der Waals surface area contributed by atoms with Gasteiger partial charge < -0.3 is 0 Å². The summed E-state index contributed by atoms with van der Waals surface area (Å²) in [7, 11) is 0. The third-order valence-corrected chi connectivity index (χ3v) is 1.80. The molecule has 2 N–H and O–H groups in total. The van der Waals surface area contributed by atoms with Crippen LogP contribution in [0.5, 0.6) is 0 Å². The zero-order valence-corrected chi connectivity index (χ0v) is 5.87. The zero-order chi connectivity index (χ0) is 7.68. The number of rotatable bonds is 1. The molecule has 0 aromatic heterocycles. The fourth-order valence-electron chi connectivity index (χ4n) is 1.21. The summed E-state index contributed by atoms with van der Waals surface area (Å²) in [6.45, 7) is 0.884. The van der Waals surface area contributed by atoms with Crippen molar-refractivity contribution in [3.8, 4) is 0 Å². The number of nitrogens with one attached hydrogen (secondary N) is 2. The van der Waals surface area contributed by atoms with E-state index in [1.54, 1.807) is 0 Å². The molecule has 2 aliphatic heterocycles. The third kappa shape index (κ3) is 1.08. The zero-order valence-electron chi connectivity index (χ0n) is 5.87. The Labute approximate surface area is 63.5 Å². The topological polar surface area (TPSA) is 65.8 Å². The minimum absolute atomic E-state index is 0.0949. The number of carbonyl (C=O) groups excluding carboxylic acids is 1. The molecule has 5 heteroatoms. The van der Waals surface area contributed by atoms with Crippen molar-refractivity contribution in [3.05, 3.63) is 11.8 Å². The van der Waals surface area contributed by atoms with E-state index in [0.717, 1.165) is 13.0 Å². The van der Waals surface area contributed by atoms with Crippen molar-refractivity contribution >= 4 is 5.91 Å². The van der Waals surface area contributed by atoms with Crippen LogP contribution in [0.3, 0.4) is 0 Å². The molecule has 2 heterocycles. The van der Waals surface area contributed by atoms with E-state index in [1.807, 2.05) is 0 Å². The molecule has 1 saturated heterocycles. The fraction of sp³-hybridized carbons (Fsp3) is 0.500. The van der Waals surface area contributed by atoms with Crippen LogP contribution in [0, 0.1) is 0 Å². The Morgan fingerprint density at radius 3 is 3.09 bits per heavy atom. The Balaban J connectivity index is 2.11. The van der Waals surface area contributed by atoms with Crippen LogP contribution in [-0.4, -0.2) is 18.5 Å². The molecule has 1 fully saturated rings. The van der Waals surface area contributed by atoms with Crippen LogP contribution in [0.2, 0.25) is 0 Å². The summed E-state index contributed by atoms with van der Waals surface area (Å²) in [5, 5.41) is 6.92. The van der Waals surface area contributed by atoms with Crippen LogP contribution < -0.4 is 10.9 Å². The van der Waals surface area contributed by atoms with Gasteiger partial charge in [0.05, 0.1) is 17.8 Å². The van der Waals surface area contributed by atoms with Crippen LogP contribution in [0.25, 0.3) is 0 Å². The van der Waals surface area contributed by atoms with Gasteiger partial charge in [-0.3, -0.25) is 15.6 Å². The van der Waals surface area contributed by atoms with Crippen LogP contribution >= 0.6 is 0 Å². The van der Waals surface area contributed by atoms with Crippen LogP contribution in [-0.2, 0) is 4.79 Å². The standard InChI is InChI=1S/C6H8N4O/c11-6-4(3-8-10-6)5-1-2-7-9-5/h3,5,7,9H,1-2H2. The molecule has 11 heavy (non-hydrogen) atoms. The molecule has 1 unspecified atom stereocenters. The first-order valence-electron chi connectivity index (χ1n) is 3.51. The molecule has 0 bridgehead atoms. The number of nitrogens with zero attached hydrogens (tertiary/aromatic N) is 2. The molecule has 0 aromatic carbocycles. The van der Waals surface area contributed by atoms with Crippen molar-refractivity contribution in [2.24, 2.45) is 10.2 Å². The molecule has 2 rings (SSSR count). The van der Waals surface area contributed by atoms with Crippen molar-refractivity contribution in [1.82, 2.24) is 10.9 Å². The molecular formula is C6H8N4O. The van der Waals surface area contributed by atoms with Crippen LogP contribution in [0.4, 0.5) is 0 Å². The smallest absolute Gasteiger partial charge is 0.265 e. The highest BCUT2D eigenvalue weighted by Gasteiger charge is 2.25. The summed E-state index contributed by atoms with van der Waals surface area (Å²) in [6, 6.07) is 0.0949. The second kappa shape index (κ2) is 2.52. The first-order valence-corrected chi connectivity index (χ1v) is 3.51. The first kappa shape index (κ1) is 6.63. The summed E-state index contributed by atoms with van der Waals surface area (Å²) < 4.78 is 0. The summed E-state index contributed by atoms with van der Waals surface area (Å²) >= 11 is 0. The molecule has 0 aromatic rings. The third-order valence-electron chi connectivity index (χ3n) is 1.80. The van der Waals surface area contributed by atoms with Gasteiger partial charge in [0, 0.05) is 6.54 Å². The molecule has 0 saturated carbocycles. The second-order valence-corrected chi connectivity index (χ2v) is 2.52. The van der Waals surface area contributed by atoms with Gasteiger partial charge in [0.15, 0.2) is 0 Å². The predicted octanol–water partition coefficient (Wildman–Crippen LogP) is -0.271. The molecular weight excluding hydrogens is 144 g/mol. The number of hydrogen-bond donors (Lipinski definition) is 2. The Morgan fingerprint density at radius 2 is 2.55 bits per heavy atom. The molecule has 1 amide bonds. The molecule has 0 spiro atoms. The molecule has 1 atom stereocenters. The molecule has 58 valence electrons. The average molecular weight is 152 g/mol. The van der Waals surface area contributed by atoms with Crippen molar-refractivity contribution < 1.29 is 4.79 Å².